The summed E-state index contributed by atoms with van der Waals surface area (Å²) in [4.78, 5) is 0. The minimum atomic E-state index is 0.121. The molecule has 1 aliphatic rings. The van der Waals surface area contributed by atoms with Crippen LogP contribution in [0.5, 0.6) is 0 Å². The largest absolute Gasteiger partial charge is 0.375 e. The standard InChI is InChI=1S/C15H29ClO2/c1-4-7-8-12(6-3)11-18-14-10-13(16)15(14)17-9-5-2/h12-15H,4-11H2,1-3H3. The van der Waals surface area contributed by atoms with Crippen LogP contribution in [0.4, 0.5) is 0 Å². The number of alkyl halides is 1. The normalized spacial score (nSPS) is 29.0. The van der Waals surface area contributed by atoms with E-state index in [1.165, 1.54) is 25.7 Å². The van der Waals surface area contributed by atoms with Crippen LogP contribution in [-0.2, 0) is 9.47 Å². The van der Waals surface area contributed by atoms with Crippen molar-refractivity contribution in [2.24, 2.45) is 5.92 Å². The van der Waals surface area contributed by atoms with Crippen LogP contribution in [0.1, 0.15) is 59.3 Å². The molecule has 0 saturated heterocycles. The van der Waals surface area contributed by atoms with Crippen LogP contribution in [0.3, 0.4) is 0 Å². The number of halogens is 1. The highest BCUT2D eigenvalue weighted by Gasteiger charge is 2.41. The molecular weight excluding hydrogens is 248 g/mol. The Labute approximate surface area is 117 Å². The maximum atomic E-state index is 6.17. The first-order valence-electron chi connectivity index (χ1n) is 7.60. The van der Waals surface area contributed by atoms with E-state index in [0.29, 0.717) is 5.92 Å². The Morgan fingerprint density at radius 2 is 1.94 bits per heavy atom. The van der Waals surface area contributed by atoms with Crippen LogP contribution >= 0.6 is 11.6 Å². The van der Waals surface area contributed by atoms with Crippen molar-refractivity contribution in [3.63, 3.8) is 0 Å². The fraction of sp³-hybridized carbons (Fsp3) is 1.00. The molecule has 0 aromatic heterocycles. The average Bonchev–Trinajstić information content (AvgIpc) is 2.37. The molecule has 4 atom stereocenters. The van der Waals surface area contributed by atoms with Crippen LogP contribution in [0, 0.1) is 5.92 Å². The van der Waals surface area contributed by atoms with Crippen LogP contribution in [0.25, 0.3) is 0 Å². The van der Waals surface area contributed by atoms with E-state index >= 15 is 0 Å². The van der Waals surface area contributed by atoms with Crippen LogP contribution in [-0.4, -0.2) is 30.8 Å². The molecule has 0 aliphatic heterocycles. The first kappa shape index (κ1) is 16.3. The highest BCUT2D eigenvalue weighted by atomic mass is 35.5. The van der Waals surface area contributed by atoms with Crippen molar-refractivity contribution < 1.29 is 9.47 Å². The molecule has 1 saturated carbocycles. The SMILES string of the molecule is CCCCC(CC)COC1CC(Cl)C1OCCC. The van der Waals surface area contributed by atoms with E-state index in [0.717, 1.165) is 26.1 Å². The number of hydrogen-bond acceptors (Lipinski definition) is 2. The van der Waals surface area contributed by atoms with Gasteiger partial charge < -0.3 is 9.47 Å². The van der Waals surface area contributed by atoms with Gasteiger partial charge in [0.25, 0.3) is 0 Å². The predicted octanol–water partition coefficient (Wildman–Crippen LogP) is 4.39. The number of ether oxygens (including phenoxy) is 2. The summed E-state index contributed by atoms with van der Waals surface area (Å²) in [5, 5.41) is 0.150. The van der Waals surface area contributed by atoms with Crippen molar-refractivity contribution in [2.45, 2.75) is 76.9 Å². The smallest absolute Gasteiger partial charge is 0.100 e. The molecule has 0 N–H and O–H groups in total. The zero-order valence-corrected chi connectivity index (χ0v) is 12.9. The molecule has 1 fully saturated rings. The highest BCUT2D eigenvalue weighted by Crippen LogP contribution is 2.32. The third kappa shape index (κ3) is 5.07. The maximum Gasteiger partial charge on any atom is 0.100 e. The fourth-order valence-electron chi connectivity index (χ4n) is 2.31. The topological polar surface area (TPSA) is 18.5 Å². The van der Waals surface area contributed by atoms with Gasteiger partial charge in [0.05, 0.1) is 11.5 Å². The summed E-state index contributed by atoms with van der Waals surface area (Å²) in [5.41, 5.74) is 0. The Balaban J connectivity index is 2.20. The van der Waals surface area contributed by atoms with Gasteiger partial charge in [0.2, 0.25) is 0 Å². The van der Waals surface area contributed by atoms with Gasteiger partial charge in [-0.25, -0.2) is 0 Å². The first-order chi connectivity index (χ1) is 8.72. The lowest BCUT2D eigenvalue weighted by Gasteiger charge is -2.41. The third-order valence-electron chi connectivity index (χ3n) is 3.78. The lowest BCUT2D eigenvalue weighted by Crippen LogP contribution is -2.51. The van der Waals surface area contributed by atoms with Gasteiger partial charge in [0, 0.05) is 13.2 Å². The van der Waals surface area contributed by atoms with Gasteiger partial charge in [0.1, 0.15) is 6.10 Å². The molecule has 1 aliphatic carbocycles. The molecule has 18 heavy (non-hydrogen) atoms. The Bertz CT molecular complexity index is 211. The quantitative estimate of drug-likeness (QED) is 0.551. The average molecular weight is 277 g/mol. The van der Waals surface area contributed by atoms with Crippen molar-refractivity contribution in [1.82, 2.24) is 0 Å². The summed E-state index contributed by atoms with van der Waals surface area (Å²) in [6.45, 7) is 8.28. The predicted molar refractivity (Wildman–Crippen MR) is 77.3 cm³/mol. The van der Waals surface area contributed by atoms with Crippen molar-refractivity contribution in [2.75, 3.05) is 13.2 Å². The lowest BCUT2D eigenvalue weighted by atomic mass is 9.90. The minimum absolute atomic E-state index is 0.121. The van der Waals surface area contributed by atoms with E-state index in [4.69, 9.17) is 21.1 Å². The summed E-state index contributed by atoms with van der Waals surface area (Å²) < 4.78 is 11.7. The van der Waals surface area contributed by atoms with E-state index in [1.807, 2.05) is 0 Å². The summed E-state index contributed by atoms with van der Waals surface area (Å²) in [5.74, 6) is 0.700. The number of rotatable bonds is 10. The van der Waals surface area contributed by atoms with Gasteiger partial charge in [-0.3, -0.25) is 0 Å². The molecule has 3 heteroatoms. The summed E-state index contributed by atoms with van der Waals surface area (Å²) in [7, 11) is 0. The monoisotopic (exact) mass is 276 g/mol. The number of unbranched alkanes of at least 4 members (excludes halogenated alkanes) is 1. The second-order valence-corrected chi connectivity index (χ2v) is 5.94. The molecule has 2 nitrogen and oxygen atoms in total. The summed E-state index contributed by atoms with van der Waals surface area (Å²) in [6, 6.07) is 0. The summed E-state index contributed by atoms with van der Waals surface area (Å²) >= 11 is 6.17. The molecule has 108 valence electrons. The van der Waals surface area contributed by atoms with Crippen LogP contribution in [0.15, 0.2) is 0 Å². The van der Waals surface area contributed by atoms with Crippen molar-refractivity contribution in [3.8, 4) is 0 Å². The second-order valence-electron chi connectivity index (χ2n) is 5.38. The van der Waals surface area contributed by atoms with Crippen LogP contribution in [0.2, 0.25) is 0 Å². The van der Waals surface area contributed by atoms with Gasteiger partial charge in [-0.15, -0.1) is 11.6 Å². The van der Waals surface area contributed by atoms with Gasteiger partial charge >= 0.3 is 0 Å². The van der Waals surface area contributed by atoms with Crippen molar-refractivity contribution in [3.05, 3.63) is 0 Å². The van der Waals surface area contributed by atoms with Crippen molar-refractivity contribution >= 4 is 11.6 Å². The zero-order chi connectivity index (χ0) is 13.4. The van der Waals surface area contributed by atoms with E-state index in [-0.39, 0.29) is 17.6 Å². The van der Waals surface area contributed by atoms with Crippen molar-refractivity contribution in [1.29, 1.82) is 0 Å². The molecule has 1 rings (SSSR count). The Morgan fingerprint density at radius 1 is 1.17 bits per heavy atom. The molecule has 0 bridgehead atoms. The van der Waals surface area contributed by atoms with Gasteiger partial charge in [-0.05, 0) is 25.2 Å². The lowest BCUT2D eigenvalue weighted by molar-refractivity contribution is -0.131. The third-order valence-corrected chi connectivity index (χ3v) is 4.21. The first-order valence-corrected chi connectivity index (χ1v) is 8.03. The molecular formula is C15H29ClO2. The molecule has 0 spiro atoms. The van der Waals surface area contributed by atoms with Gasteiger partial charge in [0.15, 0.2) is 0 Å². The maximum absolute atomic E-state index is 6.17. The Morgan fingerprint density at radius 3 is 2.50 bits per heavy atom. The Hall–Kier alpha value is 0.210. The fourth-order valence-corrected chi connectivity index (χ4v) is 2.72. The van der Waals surface area contributed by atoms with E-state index in [2.05, 4.69) is 20.8 Å². The van der Waals surface area contributed by atoms with E-state index in [9.17, 15) is 0 Å². The molecule has 0 amide bonds. The molecule has 0 radical (unpaired) electrons. The molecule has 0 aromatic rings. The van der Waals surface area contributed by atoms with Gasteiger partial charge in [-0.1, -0.05) is 40.0 Å². The number of hydrogen-bond donors (Lipinski definition) is 0. The second kappa shape index (κ2) is 9.17. The molecule has 0 heterocycles. The van der Waals surface area contributed by atoms with E-state index < -0.39 is 0 Å². The highest BCUT2D eigenvalue weighted by molar-refractivity contribution is 6.21. The molecule has 4 unspecified atom stereocenters. The summed E-state index contributed by atoms with van der Waals surface area (Å²) in [6.07, 6.45) is 7.40. The minimum Gasteiger partial charge on any atom is -0.375 e. The van der Waals surface area contributed by atoms with Gasteiger partial charge in [-0.2, -0.15) is 0 Å². The Kier molecular flexibility index (Phi) is 8.28. The van der Waals surface area contributed by atoms with E-state index in [1.54, 1.807) is 0 Å². The molecule has 0 aromatic carbocycles. The zero-order valence-electron chi connectivity index (χ0n) is 12.2. The van der Waals surface area contributed by atoms with Crippen LogP contribution < -0.4 is 0 Å².